The first-order chi connectivity index (χ1) is 19.8. The van der Waals surface area contributed by atoms with Gasteiger partial charge in [-0.1, -0.05) is 0 Å². The van der Waals surface area contributed by atoms with Crippen molar-refractivity contribution in [2.45, 2.75) is 55.5 Å². The van der Waals surface area contributed by atoms with Crippen LogP contribution in [0.4, 0.5) is 11.8 Å². The molecule has 0 bridgehead atoms. The van der Waals surface area contributed by atoms with Gasteiger partial charge >= 0.3 is 13.5 Å². The average molecular weight is 616 g/mol. The molecule has 2 aliphatic heterocycles. The number of nitrogen functional groups attached to an aromatic ring is 1. The number of phosphoric ester groups is 1. The number of hydrogen-bond acceptors (Lipinski definition) is 16. The molecular formula is C21H29N8O12P. The first-order valence-corrected chi connectivity index (χ1v) is 13.9. The highest BCUT2D eigenvalue weighted by atomic mass is 31.2. The van der Waals surface area contributed by atoms with Gasteiger partial charge in [-0.3, -0.25) is 28.0 Å². The molecule has 0 spiro atoms. The zero-order chi connectivity index (χ0) is 30.6. The van der Waals surface area contributed by atoms with E-state index in [1.54, 1.807) is 0 Å². The van der Waals surface area contributed by atoms with Crippen LogP contribution in [-0.2, 0) is 23.1 Å². The molecule has 0 aliphatic carbocycles. The van der Waals surface area contributed by atoms with E-state index in [0.29, 0.717) is 0 Å². The van der Waals surface area contributed by atoms with Crippen molar-refractivity contribution in [3.63, 3.8) is 0 Å². The fourth-order valence-corrected chi connectivity index (χ4v) is 5.86. The van der Waals surface area contributed by atoms with Crippen LogP contribution in [-0.4, -0.2) is 111 Å². The number of rotatable bonds is 9. The van der Waals surface area contributed by atoms with E-state index >= 15 is 0 Å². The number of aliphatic hydroxyl groups is 4. The molecule has 0 amide bonds. The fraction of sp³-hybridized carbons (Fsp3) is 0.571. The molecule has 9 atom stereocenters. The Morgan fingerprint density at radius 1 is 1.21 bits per heavy atom. The highest BCUT2D eigenvalue weighted by molar-refractivity contribution is 7.47. The highest BCUT2D eigenvalue weighted by Gasteiger charge is 2.57. The Morgan fingerprint density at radius 2 is 1.95 bits per heavy atom. The van der Waals surface area contributed by atoms with Crippen LogP contribution in [0, 0.1) is 0 Å². The number of fused-ring (bicyclic) bond motifs is 1. The lowest BCUT2D eigenvalue weighted by Gasteiger charge is -2.31. The van der Waals surface area contributed by atoms with Crippen LogP contribution in [0.1, 0.15) is 19.4 Å². The van der Waals surface area contributed by atoms with Crippen molar-refractivity contribution in [2.24, 2.45) is 0 Å². The molecule has 5 rings (SSSR count). The van der Waals surface area contributed by atoms with Gasteiger partial charge in [-0.2, -0.15) is 9.97 Å². The van der Waals surface area contributed by atoms with Crippen molar-refractivity contribution >= 4 is 30.8 Å². The van der Waals surface area contributed by atoms with E-state index in [0.717, 1.165) is 4.57 Å². The lowest BCUT2D eigenvalue weighted by Crippen LogP contribution is -2.45. The Kier molecular flexibility index (Phi) is 7.96. The molecule has 0 saturated carbocycles. The third-order valence-electron chi connectivity index (χ3n) is 6.93. The predicted molar refractivity (Wildman–Crippen MR) is 139 cm³/mol. The van der Waals surface area contributed by atoms with Gasteiger partial charge in [-0.25, -0.2) is 14.3 Å². The maximum Gasteiger partial charge on any atom is 0.472 e. The van der Waals surface area contributed by atoms with Crippen molar-refractivity contribution in [2.75, 3.05) is 31.3 Å². The molecule has 2 saturated heterocycles. The molecule has 230 valence electrons. The van der Waals surface area contributed by atoms with E-state index in [1.807, 2.05) is 0 Å². The summed E-state index contributed by atoms with van der Waals surface area (Å²) in [6.07, 6.45) is -8.17. The lowest BCUT2D eigenvalue weighted by atomic mass is 9.96. The maximum absolute atomic E-state index is 12.9. The second kappa shape index (κ2) is 11.1. The smallest absolute Gasteiger partial charge is 0.394 e. The molecule has 3 aromatic rings. The zero-order valence-electron chi connectivity index (χ0n) is 22.0. The number of nitrogens with two attached hydrogens (primary N) is 1. The van der Waals surface area contributed by atoms with E-state index in [1.165, 1.54) is 37.1 Å². The molecule has 2 aliphatic rings. The molecule has 1 unspecified atom stereocenters. The van der Waals surface area contributed by atoms with E-state index in [2.05, 4.69) is 25.3 Å². The summed E-state index contributed by atoms with van der Waals surface area (Å²) < 4.78 is 36.5. The Morgan fingerprint density at radius 3 is 2.62 bits per heavy atom. The number of phosphoric acid groups is 1. The van der Waals surface area contributed by atoms with Crippen LogP contribution in [0.2, 0.25) is 0 Å². The van der Waals surface area contributed by atoms with E-state index in [9.17, 15) is 39.5 Å². The summed E-state index contributed by atoms with van der Waals surface area (Å²) in [5.41, 5.74) is 1.81. The minimum Gasteiger partial charge on any atom is -0.394 e. The molecule has 2 fully saturated rings. The second-order valence-corrected chi connectivity index (χ2v) is 11.2. The Labute approximate surface area is 234 Å². The van der Waals surface area contributed by atoms with Gasteiger partial charge < -0.3 is 45.8 Å². The Balaban J connectivity index is 1.32. The van der Waals surface area contributed by atoms with Crippen LogP contribution >= 0.6 is 7.82 Å². The minimum absolute atomic E-state index is 0.00466. The van der Waals surface area contributed by atoms with Gasteiger partial charge in [0.25, 0.3) is 5.56 Å². The summed E-state index contributed by atoms with van der Waals surface area (Å²) in [7, 11) is -3.56. The topological polar surface area (TPSA) is 292 Å². The van der Waals surface area contributed by atoms with Gasteiger partial charge in [-0.15, -0.1) is 0 Å². The molecular weight excluding hydrogens is 587 g/mol. The largest absolute Gasteiger partial charge is 0.472 e. The SMILES string of the molecule is CNc1nc2c(ncn2[C@@H]2O[C@H](CO)[C@@H](OP(=O)(O)OC[C@H]3O[C@@H](n4ccc(N)nc4=O)[C@H](O)[C@@H]3O)[C@@]2(C)O)c(=O)[nH]1. The summed E-state index contributed by atoms with van der Waals surface area (Å²) in [6.45, 7) is -0.351. The number of nitrogens with zero attached hydrogens (tertiary/aromatic N) is 5. The van der Waals surface area contributed by atoms with Crippen molar-refractivity contribution in [1.82, 2.24) is 29.1 Å². The summed E-state index contributed by atoms with van der Waals surface area (Å²) in [5.74, 6) is 0.0134. The molecule has 9 N–H and O–H groups in total. The number of aliphatic hydroxyl groups excluding tert-OH is 3. The molecule has 3 aromatic heterocycles. The lowest BCUT2D eigenvalue weighted by molar-refractivity contribution is -0.0960. The van der Waals surface area contributed by atoms with Gasteiger partial charge in [-0.05, 0) is 13.0 Å². The second-order valence-electron chi connectivity index (χ2n) is 9.80. The van der Waals surface area contributed by atoms with Crippen LogP contribution in [0.15, 0.2) is 28.2 Å². The van der Waals surface area contributed by atoms with Crippen LogP contribution in [0.3, 0.4) is 0 Å². The third kappa shape index (κ3) is 5.33. The summed E-state index contributed by atoms with van der Waals surface area (Å²) in [4.78, 5) is 49.2. The minimum atomic E-state index is -5.08. The zero-order valence-corrected chi connectivity index (χ0v) is 22.9. The number of anilines is 2. The van der Waals surface area contributed by atoms with Crippen molar-refractivity contribution < 1.29 is 48.4 Å². The predicted octanol–water partition coefficient (Wildman–Crippen LogP) is -3.24. The summed E-state index contributed by atoms with van der Waals surface area (Å²) >= 11 is 0. The molecule has 20 nitrogen and oxygen atoms in total. The van der Waals surface area contributed by atoms with Crippen LogP contribution in [0.5, 0.6) is 0 Å². The van der Waals surface area contributed by atoms with Crippen molar-refractivity contribution in [1.29, 1.82) is 0 Å². The summed E-state index contributed by atoms with van der Waals surface area (Å²) in [6, 6.07) is 1.27. The quantitative estimate of drug-likeness (QED) is 0.110. The number of nitrogens with one attached hydrogen (secondary N) is 2. The van der Waals surface area contributed by atoms with E-state index < -0.39 is 80.9 Å². The maximum atomic E-state index is 12.9. The number of aromatic nitrogens is 6. The van der Waals surface area contributed by atoms with E-state index in [-0.39, 0.29) is 22.9 Å². The molecule has 0 aromatic carbocycles. The Hall–Kier alpha value is -3.30. The highest BCUT2D eigenvalue weighted by Crippen LogP contribution is 2.52. The van der Waals surface area contributed by atoms with Gasteiger partial charge in [0, 0.05) is 13.2 Å². The van der Waals surface area contributed by atoms with Gasteiger partial charge in [0.1, 0.15) is 41.9 Å². The monoisotopic (exact) mass is 616 g/mol. The van der Waals surface area contributed by atoms with Gasteiger partial charge in [0.05, 0.1) is 19.5 Å². The van der Waals surface area contributed by atoms with Gasteiger partial charge in [0.15, 0.2) is 23.6 Å². The van der Waals surface area contributed by atoms with Gasteiger partial charge in [0.2, 0.25) is 5.95 Å². The summed E-state index contributed by atoms with van der Waals surface area (Å²) in [5, 5.41) is 44.8. The van der Waals surface area contributed by atoms with Crippen LogP contribution < -0.4 is 22.3 Å². The third-order valence-corrected chi connectivity index (χ3v) is 7.90. The molecule has 0 radical (unpaired) electrons. The number of ether oxygens (including phenoxy) is 2. The first-order valence-electron chi connectivity index (χ1n) is 12.4. The number of imidazole rings is 1. The normalized spacial score (nSPS) is 32.8. The molecule has 5 heterocycles. The molecule has 21 heteroatoms. The first kappa shape index (κ1) is 30.2. The standard InChI is InChI=1S/C21H29N8O12P/c1-21(35)14(8(5-30)40-18(21)29-7-24-11-15(29)26-19(23-2)27-16(11)33)41-42(36,37)38-6-9-12(31)13(32)17(39-9)28-4-3-10(22)25-20(28)34/h3-4,7-9,12-14,17-18,30-32,35H,5-6H2,1-2H3,(H,36,37)(H2,22,25,34)(H2,23,26,27,33)/t8-,9-,12-,13-,14-,17-,18-,21-/m1/s1. The fourth-order valence-electron chi connectivity index (χ4n) is 4.83. The van der Waals surface area contributed by atoms with Crippen molar-refractivity contribution in [3.8, 4) is 0 Å². The van der Waals surface area contributed by atoms with E-state index in [4.69, 9.17) is 24.3 Å². The number of aromatic amines is 1. The molecule has 42 heavy (non-hydrogen) atoms. The average Bonchev–Trinajstić information content (AvgIpc) is 3.55. The van der Waals surface area contributed by atoms with Crippen LogP contribution in [0.25, 0.3) is 11.2 Å². The Bertz CT molecular complexity index is 1630. The number of H-pyrrole nitrogens is 1. The van der Waals surface area contributed by atoms with Crippen molar-refractivity contribution in [3.05, 3.63) is 39.4 Å². The number of hydrogen-bond donors (Lipinski definition) is 8.